The largest absolute Gasteiger partial charge is 0.493 e. The highest BCUT2D eigenvalue weighted by Crippen LogP contribution is 2.37. The number of pyridine rings is 1. The molecule has 240 valence electrons. The fraction of sp³-hybridized carbons (Fsp3) is 0.485. The van der Waals surface area contributed by atoms with Crippen molar-refractivity contribution in [1.29, 1.82) is 5.26 Å². The molecule has 0 aliphatic carbocycles. The van der Waals surface area contributed by atoms with E-state index in [1.54, 1.807) is 43.6 Å². The number of ether oxygens (including phenoxy) is 3. The fourth-order valence-electron chi connectivity index (χ4n) is 5.70. The first-order chi connectivity index (χ1) is 21.7. The number of thioether (sulfide) groups is 1. The molecule has 0 bridgehead atoms. The van der Waals surface area contributed by atoms with Crippen LogP contribution < -0.4 is 19.9 Å². The highest BCUT2D eigenvalue weighted by Gasteiger charge is 2.34. The lowest BCUT2D eigenvalue weighted by atomic mass is 9.95. The lowest BCUT2D eigenvalue weighted by molar-refractivity contribution is -0.148. The molecule has 0 atom stereocenters. The third kappa shape index (κ3) is 7.36. The summed E-state index contributed by atoms with van der Waals surface area (Å²) in [6.07, 6.45) is 5.11. The van der Waals surface area contributed by atoms with E-state index < -0.39 is 0 Å². The third-order valence-electron chi connectivity index (χ3n) is 8.22. The molecule has 0 spiro atoms. The number of thiocarbonyl (C=S) groups is 1. The zero-order valence-electron chi connectivity index (χ0n) is 26.5. The molecule has 1 amide bonds. The summed E-state index contributed by atoms with van der Waals surface area (Å²) < 4.78 is 18.1. The maximum absolute atomic E-state index is 13.7. The Morgan fingerprint density at radius 2 is 1.84 bits per heavy atom. The van der Waals surface area contributed by atoms with Crippen LogP contribution in [-0.4, -0.2) is 66.1 Å². The van der Waals surface area contributed by atoms with Crippen molar-refractivity contribution in [1.82, 2.24) is 9.47 Å². The number of piperidine rings is 1. The second-order valence-electron chi connectivity index (χ2n) is 10.9. The number of carbonyl (C=O) groups is 2. The van der Waals surface area contributed by atoms with Crippen LogP contribution in [0.2, 0.25) is 0 Å². The van der Waals surface area contributed by atoms with E-state index >= 15 is 0 Å². The van der Waals surface area contributed by atoms with Crippen molar-refractivity contribution in [3.05, 3.63) is 55.7 Å². The van der Waals surface area contributed by atoms with Crippen LogP contribution in [-0.2, 0) is 27.3 Å². The lowest BCUT2D eigenvalue weighted by Crippen LogP contribution is -2.41. The van der Waals surface area contributed by atoms with E-state index in [0.717, 1.165) is 18.4 Å². The molecule has 2 fully saturated rings. The first-order valence-corrected chi connectivity index (χ1v) is 16.5. The molecule has 2 aromatic rings. The molecule has 0 radical (unpaired) electrons. The monoisotopic (exact) mass is 652 g/mol. The Labute approximate surface area is 273 Å². The van der Waals surface area contributed by atoms with Crippen LogP contribution in [0.1, 0.15) is 61.8 Å². The van der Waals surface area contributed by atoms with E-state index in [-0.39, 0.29) is 28.9 Å². The van der Waals surface area contributed by atoms with Crippen LogP contribution in [0.25, 0.3) is 6.08 Å². The minimum absolute atomic E-state index is 0.0615. The highest BCUT2D eigenvalue weighted by atomic mass is 32.2. The fourth-order valence-corrected chi connectivity index (χ4v) is 6.99. The number of aromatic nitrogens is 1. The van der Waals surface area contributed by atoms with Gasteiger partial charge in [-0.3, -0.25) is 23.9 Å². The summed E-state index contributed by atoms with van der Waals surface area (Å²) >= 11 is 6.85. The number of esters is 1. The summed E-state index contributed by atoms with van der Waals surface area (Å²) in [5.74, 6) is 1.28. The second-order valence-corrected chi connectivity index (χ2v) is 12.6. The van der Waals surface area contributed by atoms with Gasteiger partial charge in [0, 0.05) is 31.7 Å². The lowest BCUT2D eigenvalue weighted by Gasteiger charge is -2.35. The molecule has 2 saturated heterocycles. The van der Waals surface area contributed by atoms with Crippen LogP contribution in [0.15, 0.2) is 27.9 Å². The third-order valence-corrected chi connectivity index (χ3v) is 9.59. The van der Waals surface area contributed by atoms with Crippen molar-refractivity contribution in [2.75, 3.05) is 45.4 Å². The standard InChI is InChI=1S/C33H40N4O6S2/c1-6-8-14-36-29(35-15-12-23(13-16-35)32(40)43-7-2)24(21(3)25(20-34)30(36)38)19-28-31(39)37(33(44)45-28)17-11-22-9-10-26(41-4)27(18-22)42-5/h9-10,18-19,23H,6-8,11-17H2,1-5H3/b28-19+. The van der Waals surface area contributed by atoms with Crippen LogP contribution in [0.3, 0.4) is 0 Å². The number of anilines is 1. The predicted octanol–water partition coefficient (Wildman–Crippen LogP) is 5.07. The first-order valence-electron chi connectivity index (χ1n) is 15.2. The van der Waals surface area contributed by atoms with Crippen molar-refractivity contribution >= 4 is 52.1 Å². The average Bonchev–Trinajstić information content (AvgIpc) is 3.31. The predicted molar refractivity (Wildman–Crippen MR) is 180 cm³/mol. The van der Waals surface area contributed by atoms with Gasteiger partial charge in [-0.05, 0) is 68.9 Å². The van der Waals surface area contributed by atoms with E-state index in [4.69, 9.17) is 26.4 Å². The molecule has 0 unspecified atom stereocenters. The molecule has 12 heteroatoms. The maximum atomic E-state index is 13.7. The maximum Gasteiger partial charge on any atom is 0.309 e. The van der Waals surface area contributed by atoms with E-state index in [1.165, 1.54) is 11.8 Å². The van der Waals surface area contributed by atoms with E-state index in [2.05, 4.69) is 11.0 Å². The summed E-state index contributed by atoms with van der Waals surface area (Å²) in [6.45, 7) is 7.81. The van der Waals surface area contributed by atoms with Crippen LogP contribution in [0.5, 0.6) is 11.5 Å². The summed E-state index contributed by atoms with van der Waals surface area (Å²) in [5.41, 5.74) is 1.86. The Balaban J connectivity index is 1.69. The number of benzene rings is 1. The SMILES string of the molecule is CCCCn1c(N2CCC(C(=O)OCC)CC2)c(/C=C2/SC(=S)N(CCc3ccc(OC)c(OC)c3)C2=O)c(C)c(C#N)c1=O. The summed E-state index contributed by atoms with van der Waals surface area (Å²) in [5, 5.41) is 10.00. The van der Waals surface area contributed by atoms with Gasteiger partial charge >= 0.3 is 5.97 Å². The smallest absolute Gasteiger partial charge is 0.309 e. The van der Waals surface area contributed by atoms with Crippen molar-refractivity contribution in [2.24, 2.45) is 5.92 Å². The molecule has 4 rings (SSSR count). The van der Waals surface area contributed by atoms with Crippen molar-refractivity contribution in [2.45, 2.75) is 59.4 Å². The Morgan fingerprint density at radius 3 is 2.47 bits per heavy atom. The molecule has 2 aliphatic rings. The second kappa shape index (κ2) is 15.5. The molecule has 2 aliphatic heterocycles. The van der Waals surface area contributed by atoms with Crippen molar-refractivity contribution < 1.29 is 23.8 Å². The number of carbonyl (C=O) groups excluding carboxylic acids is 2. The number of rotatable bonds is 12. The van der Waals surface area contributed by atoms with Gasteiger partial charge in [-0.2, -0.15) is 5.26 Å². The van der Waals surface area contributed by atoms with Gasteiger partial charge in [0.25, 0.3) is 11.5 Å². The molecular weight excluding hydrogens is 613 g/mol. The molecule has 0 saturated carbocycles. The van der Waals surface area contributed by atoms with Gasteiger partial charge in [0.15, 0.2) is 11.5 Å². The van der Waals surface area contributed by atoms with Crippen LogP contribution in [0, 0.1) is 24.2 Å². The summed E-state index contributed by atoms with van der Waals surface area (Å²) in [7, 11) is 3.16. The molecule has 45 heavy (non-hydrogen) atoms. The molecule has 1 aromatic heterocycles. The summed E-state index contributed by atoms with van der Waals surface area (Å²) in [4.78, 5) is 43.9. The molecule has 1 aromatic carbocycles. The van der Waals surface area contributed by atoms with E-state index in [1.807, 2.05) is 25.1 Å². The average molecular weight is 653 g/mol. The number of hydrogen-bond acceptors (Lipinski definition) is 10. The molecule has 0 N–H and O–H groups in total. The highest BCUT2D eigenvalue weighted by molar-refractivity contribution is 8.26. The number of amides is 1. The number of nitrogens with zero attached hydrogens (tertiary/aromatic N) is 4. The van der Waals surface area contributed by atoms with E-state index in [9.17, 15) is 19.6 Å². The zero-order valence-corrected chi connectivity index (χ0v) is 28.1. The number of hydrogen-bond donors (Lipinski definition) is 0. The minimum Gasteiger partial charge on any atom is -0.493 e. The number of unbranched alkanes of at least 4 members (excludes halogenated alkanes) is 1. The number of methoxy groups -OCH3 is 2. The molecule has 10 nitrogen and oxygen atoms in total. The molecular formula is C33H40N4O6S2. The van der Waals surface area contributed by atoms with Crippen LogP contribution >= 0.6 is 24.0 Å². The van der Waals surface area contributed by atoms with Gasteiger partial charge < -0.3 is 19.1 Å². The summed E-state index contributed by atoms with van der Waals surface area (Å²) in [6, 6.07) is 7.75. The van der Waals surface area contributed by atoms with Gasteiger partial charge in [-0.1, -0.05) is 43.4 Å². The van der Waals surface area contributed by atoms with E-state index in [0.29, 0.717) is 89.7 Å². The normalized spacial score (nSPS) is 16.3. The van der Waals surface area contributed by atoms with Gasteiger partial charge in [-0.15, -0.1) is 0 Å². The zero-order chi connectivity index (χ0) is 32.7. The van der Waals surface area contributed by atoms with Gasteiger partial charge in [0.2, 0.25) is 0 Å². The van der Waals surface area contributed by atoms with Gasteiger partial charge in [0.05, 0.1) is 31.6 Å². The topological polar surface area (TPSA) is 114 Å². The Hall–Kier alpha value is -3.82. The number of nitriles is 1. The van der Waals surface area contributed by atoms with Gasteiger partial charge in [-0.25, -0.2) is 0 Å². The minimum atomic E-state index is -0.342. The quantitative estimate of drug-likeness (QED) is 0.175. The Morgan fingerprint density at radius 1 is 1.13 bits per heavy atom. The van der Waals surface area contributed by atoms with Crippen LogP contribution in [0.4, 0.5) is 5.82 Å². The Bertz CT molecular complexity index is 1590. The molecule has 3 heterocycles. The first kappa shape index (κ1) is 34.1. The van der Waals surface area contributed by atoms with Crippen molar-refractivity contribution in [3.63, 3.8) is 0 Å². The van der Waals surface area contributed by atoms with Gasteiger partial charge in [0.1, 0.15) is 21.8 Å². The Kier molecular flexibility index (Phi) is 11.7. The van der Waals surface area contributed by atoms with Crippen molar-refractivity contribution in [3.8, 4) is 17.6 Å².